The van der Waals surface area contributed by atoms with E-state index in [1.54, 1.807) is 0 Å². The van der Waals surface area contributed by atoms with Crippen LogP contribution in [0.2, 0.25) is 0 Å². The van der Waals surface area contributed by atoms with Crippen LogP contribution in [0.15, 0.2) is 18.2 Å². The van der Waals surface area contributed by atoms with E-state index in [0.717, 1.165) is 5.75 Å². The maximum atomic E-state index is 8.49. The van der Waals surface area contributed by atoms with Crippen molar-refractivity contribution < 1.29 is 4.74 Å². The highest BCUT2D eigenvalue weighted by molar-refractivity contribution is 5.41. The average Bonchev–Trinajstić information content (AvgIpc) is 2.19. The summed E-state index contributed by atoms with van der Waals surface area (Å²) in [5, 5.41) is 8.49. The third-order valence-electron chi connectivity index (χ3n) is 2.41. The van der Waals surface area contributed by atoms with Gasteiger partial charge in [-0.05, 0) is 24.0 Å². The van der Waals surface area contributed by atoms with Gasteiger partial charge in [-0.15, -0.1) is 0 Å². The molecule has 0 saturated heterocycles. The van der Waals surface area contributed by atoms with E-state index >= 15 is 0 Å². The molecule has 0 aromatic heterocycles. The van der Waals surface area contributed by atoms with E-state index in [-0.39, 0.29) is 5.41 Å². The Hall–Kier alpha value is -1.49. The molecule has 0 aliphatic heterocycles. The van der Waals surface area contributed by atoms with E-state index in [2.05, 4.69) is 39.8 Å². The molecule has 0 fully saturated rings. The van der Waals surface area contributed by atoms with Gasteiger partial charge < -0.3 is 4.74 Å². The minimum Gasteiger partial charge on any atom is -0.492 e. The molecular weight excluding hydrogens is 198 g/mol. The summed E-state index contributed by atoms with van der Waals surface area (Å²) in [7, 11) is 0. The lowest BCUT2D eigenvalue weighted by molar-refractivity contribution is 0.317. The van der Waals surface area contributed by atoms with Crippen molar-refractivity contribution in [2.75, 3.05) is 6.61 Å². The largest absolute Gasteiger partial charge is 0.492 e. The third kappa shape index (κ3) is 3.27. The first-order chi connectivity index (χ1) is 7.45. The maximum Gasteiger partial charge on any atom is 0.123 e. The molecule has 0 heterocycles. The van der Waals surface area contributed by atoms with E-state index in [1.165, 1.54) is 11.1 Å². The Morgan fingerprint density at radius 2 is 2.00 bits per heavy atom. The van der Waals surface area contributed by atoms with Gasteiger partial charge in [0, 0.05) is 0 Å². The SMILES string of the molecule is Cc1ccc(OCCC#N)c(C(C)(C)C)c1. The van der Waals surface area contributed by atoms with E-state index in [0.29, 0.717) is 13.0 Å². The molecule has 0 N–H and O–H groups in total. The molecule has 0 spiro atoms. The molecule has 0 bridgehead atoms. The van der Waals surface area contributed by atoms with Crippen LogP contribution in [0.1, 0.15) is 38.3 Å². The Balaban J connectivity index is 2.95. The van der Waals surface area contributed by atoms with Crippen molar-refractivity contribution in [1.82, 2.24) is 0 Å². The number of hydrogen-bond acceptors (Lipinski definition) is 2. The van der Waals surface area contributed by atoms with Crippen LogP contribution in [-0.4, -0.2) is 6.61 Å². The van der Waals surface area contributed by atoms with Crippen LogP contribution >= 0.6 is 0 Å². The van der Waals surface area contributed by atoms with Gasteiger partial charge in [-0.2, -0.15) is 5.26 Å². The van der Waals surface area contributed by atoms with Gasteiger partial charge in [-0.25, -0.2) is 0 Å². The molecule has 1 aromatic rings. The number of nitrogens with zero attached hydrogens (tertiary/aromatic N) is 1. The number of hydrogen-bond donors (Lipinski definition) is 0. The molecule has 0 atom stereocenters. The van der Waals surface area contributed by atoms with Crippen molar-refractivity contribution in [3.8, 4) is 11.8 Å². The zero-order valence-electron chi connectivity index (χ0n) is 10.5. The van der Waals surface area contributed by atoms with Crippen LogP contribution in [0.5, 0.6) is 5.75 Å². The minimum atomic E-state index is 0.0635. The van der Waals surface area contributed by atoms with Gasteiger partial charge in [0.05, 0.1) is 12.5 Å². The van der Waals surface area contributed by atoms with Crippen molar-refractivity contribution in [2.45, 2.75) is 39.5 Å². The van der Waals surface area contributed by atoms with Crippen LogP contribution < -0.4 is 4.74 Å². The molecule has 2 nitrogen and oxygen atoms in total. The lowest BCUT2D eigenvalue weighted by Gasteiger charge is -2.23. The summed E-state index contributed by atoms with van der Waals surface area (Å²) < 4.78 is 5.64. The van der Waals surface area contributed by atoms with Crippen LogP contribution in [-0.2, 0) is 5.41 Å². The summed E-state index contributed by atoms with van der Waals surface area (Å²) in [4.78, 5) is 0. The smallest absolute Gasteiger partial charge is 0.123 e. The van der Waals surface area contributed by atoms with E-state index < -0.39 is 0 Å². The predicted molar refractivity (Wildman–Crippen MR) is 65.6 cm³/mol. The van der Waals surface area contributed by atoms with Gasteiger partial charge in [0.1, 0.15) is 12.4 Å². The highest BCUT2D eigenvalue weighted by atomic mass is 16.5. The monoisotopic (exact) mass is 217 g/mol. The normalized spacial score (nSPS) is 10.9. The Kier molecular flexibility index (Phi) is 3.95. The van der Waals surface area contributed by atoms with Crippen molar-refractivity contribution >= 4 is 0 Å². The number of ether oxygens (including phenoxy) is 1. The molecular formula is C14H19NO. The van der Waals surface area contributed by atoms with E-state index in [1.807, 2.05) is 12.1 Å². The summed E-state index contributed by atoms with van der Waals surface area (Å²) in [5.41, 5.74) is 2.50. The average molecular weight is 217 g/mol. The molecule has 0 amide bonds. The maximum absolute atomic E-state index is 8.49. The Morgan fingerprint density at radius 1 is 1.31 bits per heavy atom. The molecule has 16 heavy (non-hydrogen) atoms. The number of rotatable bonds is 3. The van der Waals surface area contributed by atoms with Crippen LogP contribution in [0.4, 0.5) is 0 Å². The lowest BCUT2D eigenvalue weighted by Crippen LogP contribution is -2.14. The molecule has 2 heteroatoms. The predicted octanol–water partition coefficient (Wildman–Crippen LogP) is 3.59. The fraction of sp³-hybridized carbons (Fsp3) is 0.500. The molecule has 0 radical (unpaired) electrons. The number of aryl methyl sites for hydroxylation is 1. The van der Waals surface area contributed by atoms with Gasteiger partial charge in [0.2, 0.25) is 0 Å². The van der Waals surface area contributed by atoms with Crippen molar-refractivity contribution in [3.63, 3.8) is 0 Å². The van der Waals surface area contributed by atoms with Crippen molar-refractivity contribution in [3.05, 3.63) is 29.3 Å². The van der Waals surface area contributed by atoms with E-state index in [9.17, 15) is 0 Å². The van der Waals surface area contributed by atoms with Crippen LogP contribution in [0.25, 0.3) is 0 Å². The zero-order valence-corrected chi connectivity index (χ0v) is 10.5. The fourth-order valence-electron chi connectivity index (χ4n) is 1.56. The highest BCUT2D eigenvalue weighted by Crippen LogP contribution is 2.32. The Morgan fingerprint density at radius 3 is 2.56 bits per heavy atom. The van der Waals surface area contributed by atoms with Gasteiger partial charge in [-0.1, -0.05) is 38.5 Å². The lowest BCUT2D eigenvalue weighted by atomic mass is 9.85. The molecule has 0 unspecified atom stereocenters. The van der Waals surface area contributed by atoms with Gasteiger partial charge in [0.15, 0.2) is 0 Å². The number of benzene rings is 1. The van der Waals surface area contributed by atoms with Gasteiger partial charge in [-0.3, -0.25) is 0 Å². The summed E-state index contributed by atoms with van der Waals surface area (Å²) in [6.45, 7) is 9.04. The third-order valence-corrected chi connectivity index (χ3v) is 2.41. The Bertz CT molecular complexity index is 396. The van der Waals surface area contributed by atoms with Gasteiger partial charge >= 0.3 is 0 Å². The molecule has 1 rings (SSSR count). The molecule has 0 aliphatic carbocycles. The molecule has 86 valence electrons. The quantitative estimate of drug-likeness (QED) is 0.725. The summed E-state index contributed by atoms with van der Waals surface area (Å²) in [6.07, 6.45) is 0.428. The first kappa shape index (κ1) is 12.6. The topological polar surface area (TPSA) is 33.0 Å². The summed E-state index contributed by atoms with van der Waals surface area (Å²) in [5.74, 6) is 0.897. The number of nitriles is 1. The second kappa shape index (κ2) is 5.03. The van der Waals surface area contributed by atoms with Crippen molar-refractivity contribution in [1.29, 1.82) is 5.26 Å². The molecule has 1 aromatic carbocycles. The fourth-order valence-corrected chi connectivity index (χ4v) is 1.56. The summed E-state index contributed by atoms with van der Waals surface area (Å²) >= 11 is 0. The second-order valence-electron chi connectivity index (χ2n) is 5.01. The minimum absolute atomic E-state index is 0.0635. The first-order valence-corrected chi connectivity index (χ1v) is 5.56. The molecule has 0 aliphatic rings. The first-order valence-electron chi connectivity index (χ1n) is 5.56. The second-order valence-corrected chi connectivity index (χ2v) is 5.01. The molecule has 0 saturated carbocycles. The standard InChI is InChI=1S/C14H19NO/c1-11-6-7-13(16-9-5-8-15)12(10-11)14(2,3)4/h6-7,10H,5,9H2,1-4H3. The van der Waals surface area contributed by atoms with E-state index in [4.69, 9.17) is 10.00 Å². The zero-order chi connectivity index (χ0) is 12.2. The highest BCUT2D eigenvalue weighted by Gasteiger charge is 2.18. The van der Waals surface area contributed by atoms with Crippen molar-refractivity contribution in [2.24, 2.45) is 0 Å². The summed E-state index contributed by atoms with van der Waals surface area (Å²) in [6, 6.07) is 8.27. The van der Waals surface area contributed by atoms with Crippen LogP contribution in [0, 0.1) is 18.3 Å². The van der Waals surface area contributed by atoms with Crippen LogP contribution in [0.3, 0.4) is 0 Å². The Labute approximate surface area is 97.9 Å². The van der Waals surface area contributed by atoms with Gasteiger partial charge in [0.25, 0.3) is 0 Å².